The molecule has 0 aromatic rings. The van der Waals surface area contributed by atoms with Gasteiger partial charge < -0.3 is 14.3 Å². The van der Waals surface area contributed by atoms with E-state index in [2.05, 4.69) is 18.6 Å². The fourth-order valence-corrected chi connectivity index (χ4v) is 0.401. The first-order valence-corrected chi connectivity index (χ1v) is 3.60. The summed E-state index contributed by atoms with van der Waals surface area (Å²) in [5.74, 6) is 0.676. The fraction of sp³-hybridized carbons (Fsp3) is 0.875. The van der Waals surface area contributed by atoms with E-state index in [1.54, 1.807) is 7.11 Å². The number of methoxy groups -OCH3 is 2. The van der Waals surface area contributed by atoms with Crippen molar-refractivity contribution in [2.45, 2.75) is 13.8 Å². The summed E-state index contributed by atoms with van der Waals surface area (Å²) in [5, 5.41) is 0. The first-order valence-electron chi connectivity index (χ1n) is 3.60. The molecule has 0 radical (unpaired) electrons. The van der Waals surface area contributed by atoms with Crippen LogP contribution in [0, 0.1) is 5.92 Å². The highest BCUT2D eigenvalue weighted by Gasteiger charge is 1.85. The molecule has 0 heterocycles. The van der Waals surface area contributed by atoms with E-state index in [0.29, 0.717) is 12.2 Å². The summed E-state index contributed by atoms with van der Waals surface area (Å²) in [6.07, 6.45) is 0.708. The second-order valence-electron chi connectivity index (χ2n) is 2.47. The Hall–Kier alpha value is -0.410. The van der Waals surface area contributed by atoms with E-state index in [9.17, 15) is 4.79 Å². The van der Waals surface area contributed by atoms with E-state index in [4.69, 9.17) is 4.74 Å². The zero-order valence-electron chi connectivity index (χ0n) is 7.79. The van der Waals surface area contributed by atoms with Gasteiger partial charge >= 0.3 is 0 Å². The molecule has 0 saturated heterocycles. The molecule has 3 nitrogen and oxygen atoms in total. The molecule has 0 fully saturated rings. The maximum absolute atomic E-state index is 9.28. The van der Waals surface area contributed by atoms with Crippen LogP contribution in [0.1, 0.15) is 13.8 Å². The molecule has 0 rings (SSSR count). The van der Waals surface area contributed by atoms with Crippen molar-refractivity contribution in [1.29, 1.82) is 0 Å². The fourth-order valence-electron chi connectivity index (χ4n) is 0.401. The zero-order chi connectivity index (χ0) is 9.11. The molecular formula is C8H18O3. The molecule has 0 atom stereocenters. The standard InChI is InChI=1S/C5H12O.C3H6O2/c1-5(2)4-6-3;1-5-3-2-4/h5H,4H2,1-3H3;2H,3H2,1H3. The van der Waals surface area contributed by atoms with Gasteiger partial charge in [-0.3, -0.25) is 0 Å². The van der Waals surface area contributed by atoms with Gasteiger partial charge in [-0.25, -0.2) is 0 Å². The Labute approximate surface area is 68.7 Å². The average molecular weight is 162 g/mol. The van der Waals surface area contributed by atoms with Crippen molar-refractivity contribution in [2.24, 2.45) is 5.92 Å². The van der Waals surface area contributed by atoms with Gasteiger partial charge in [0, 0.05) is 20.8 Å². The van der Waals surface area contributed by atoms with Crippen LogP contribution in [0.3, 0.4) is 0 Å². The van der Waals surface area contributed by atoms with Crippen LogP contribution in [0.5, 0.6) is 0 Å². The van der Waals surface area contributed by atoms with Gasteiger partial charge in [0.15, 0.2) is 0 Å². The molecule has 0 unspecified atom stereocenters. The molecule has 3 heteroatoms. The van der Waals surface area contributed by atoms with Crippen LogP contribution in [0.15, 0.2) is 0 Å². The summed E-state index contributed by atoms with van der Waals surface area (Å²) in [6, 6.07) is 0. The van der Waals surface area contributed by atoms with Crippen LogP contribution in [-0.2, 0) is 14.3 Å². The van der Waals surface area contributed by atoms with Gasteiger partial charge in [0.25, 0.3) is 0 Å². The Morgan fingerprint density at radius 1 is 1.27 bits per heavy atom. The van der Waals surface area contributed by atoms with Gasteiger partial charge in [-0.1, -0.05) is 13.8 Å². The van der Waals surface area contributed by atoms with Crippen LogP contribution in [-0.4, -0.2) is 33.7 Å². The summed E-state index contributed by atoms with van der Waals surface area (Å²) in [7, 11) is 3.20. The maximum Gasteiger partial charge on any atom is 0.145 e. The molecule has 11 heavy (non-hydrogen) atoms. The topological polar surface area (TPSA) is 35.5 Å². The summed E-state index contributed by atoms with van der Waals surface area (Å²) in [4.78, 5) is 9.28. The Bertz CT molecular complexity index is 71.7. The van der Waals surface area contributed by atoms with Crippen molar-refractivity contribution >= 4 is 6.29 Å². The monoisotopic (exact) mass is 162 g/mol. The van der Waals surface area contributed by atoms with E-state index in [-0.39, 0.29) is 6.61 Å². The number of ether oxygens (including phenoxy) is 2. The van der Waals surface area contributed by atoms with E-state index >= 15 is 0 Å². The number of carbonyl (C=O) groups excluding carboxylic acids is 1. The van der Waals surface area contributed by atoms with Crippen molar-refractivity contribution in [2.75, 3.05) is 27.4 Å². The number of aldehydes is 1. The molecule has 68 valence electrons. The Balaban J connectivity index is 0. The lowest BCUT2D eigenvalue weighted by molar-refractivity contribution is -0.110. The molecule has 0 aliphatic heterocycles. The first-order chi connectivity index (χ1) is 5.18. The lowest BCUT2D eigenvalue weighted by Crippen LogP contribution is -1.96. The predicted molar refractivity (Wildman–Crippen MR) is 44.7 cm³/mol. The highest BCUT2D eigenvalue weighted by Crippen LogP contribution is 1.88. The van der Waals surface area contributed by atoms with Crippen molar-refractivity contribution in [3.05, 3.63) is 0 Å². The van der Waals surface area contributed by atoms with Crippen LogP contribution >= 0.6 is 0 Å². The molecule has 0 spiro atoms. The maximum atomic E-state index is 9.28. The molecule has 0 aromatic carbocycles. The first kappa shape index (κ1) is 13.2. The third-order valence-electron chi connectivity index (χ3n) is 0.735. The molecule has 0 aliphatic rings. The number of rotatable bonds is 4. The summed E-state index contributed by atoms with van der Waals surface area (Å²) >= 11 is 0. The third kappa shape index (κ3) is 26.2. The Morgan fingerprint density at radius 3 is 1.82 bits per heavy atom. The highest BCUT2D eigenvalue weighted by molar-refractivity contribution is 5.50. The summed E-state index contributed by atoms with van der Waals surface area (Å²) < 4.78 is 9.13. The van der Waals surface area contributed by atoms with Crippen LogP contribution in [0.25, 0.3) is 0 Å². The predicted octanol–water partition coefficient (Wildman–Crippen LogP) is 1.12. The van der Waals surface area contributed by atoms with Crippen LogP contribution in [0.2, 0.25) is 0 Å². The highest BCUT2D eigenvalue weighted by atomic mass is 16.5. The second kappa shape index (κ2) is 12.3. The molecule has 0 aliphatic carbocycles. The van der Waals surface area contributed by atoms with Gasteiger partial charge in [0.2, 0.25) is 0 Å². The quantitative estimate of drug-likeness (QED) is 0.581. The van der Waals surface area contributed by atoms with Crippen molar-refractivity contribution in [1.82, 2.24) is 0 Å². The molecule has 0 aromatic heterocycles. The minimum atomic E-state index is 0.208. The number of hydrogen-bond acceptors (Lipinski definition) is 3. The molecule has 0 saturated carbocycles. The van der Waals surface area contributed by atoms with Crippen molar-refractivity contribution in [3.8, 4) is 0 Å². The number of hydrogen-bond donors (Lipinski definition) is 0. The average Bonchev–Trinajstić information content (AvgIpc) is 1.90. The van der Waals surface area contributed by atoms with Gasteiger partial charge in [-0.2, -0.15) is 0 Å². The van der Waals surface area contributed by atoms with Gasteiger partial charge in [-0.15, -0.1) is 0 Å². The van der Waals surface area contributed by atoms with Crippen LogP contribution < -0.4 is 0 Å². The lowest BCUT2D eigenvalue weighted by atomic mass is 10.2. The molecule has 0 amide bonds. The molecular weight excluding hydrogens is 144 g/mol. The second-order valence-corrected chi connectivity index (χ2v) is 2.47. The lowest BCUT2D eigenvalue weighted by Gasteiger charge is -1.97. The SMILES string of the molecule is COCC(C)C.COCC=O. The number of carbonyl (C=O) groups is 1. The smallest absolute Gasteiger partial charge is 0.145 e. The van der Waals surface area contributed by atoms with Crippen LogP contribution in [0.4, 0.5) is 0 Å². The van der Waals surface area contributed by atoms with Crippen molar-refractivity contribution < 1.29 is 14.3 Å². The summed E-state index contributed by atoms with van der Waals surface area (Å²) in [5.41, 5.74) is 0. The molecule has 0 bridgehead atoms. The normalized spacial score (nSPS) is 8.82. The third-order valence-corrected chi connectivity index (χ3v) is 0.735. The molecule has 0 N–H and O–H groups in total. The van der Waals surface area contributed by atoms with Gasteiger partial charge in [0.1, 0.15) is 12.9 Å². The Kier molecular flexibility index (Phi) is 14.7. The van der Waals surface area contributed by atoms with E-state index in [1.165, 1.54) is 7.11 Å². The van der Waals surface area contributed by atoms with E-state index < -0.39 is 0 Å². The summed E-state index contributed by atoms with van der Waals surface area (Å²) in [6.45, 7) is 5.34. The zero-order valence-corrected chi connectivity index (χ0v) is 7.79. The van der Waals surface area contributed by atoms with Crippen molar-refractivity contribution in [3.63, 3.8) is 0 Å². The minimum absolute atomic E-state index is 0.208. The van der Waals surface area contributed by atoms with E-state index in [1.807, 2.05) is 0 Å². The van der Waals surface area contributed by atoms with E-state index in [0.717, 1.165) is 6.61 Å². The van der Waals surface area contributed by atoms with Gasteiger partial charge in [0.05, 0.1) is 0 Å². The Morgan fingerprint density at radius 2 is 1.82 bits per heavy atom. The van der Waals surface area contributed by atoms with Gasteiger partial charge in [-0.05, 0) is 5.92 Å². The minimum Gasteiger partial charge on any atom is -0.384 e. The largest absolute Gasteiger partial charge is 0.384 e.